The summed E-state index contributed by atoms with van der Waals surface area (Å²) in [6, 6.07) is 56.9. The van der Waals surface area contributed by atoms with E-state index in [1.54, 1.807) is 0 Å². The topological polar surface area (TPSA) is 63.0 Å². The van der Waals surface area contributed by atoms with E-state index in [0.29, 0.717) is 0 Å². The Morgan fingerprint density at radius 1 is 0.385 bits per heavy atom. The van der Waals surface area contributed by atoms with E-state index in [9.17, 15) is 0 Å². The molecule has 0 fully saturated rings. The van der Waals surface area contributed by atoms with E-state index in [-0.39, 0.29) is 0 Å². The zero-order valence-corrected chi connectivity index (χ0v) is 27.9. The fourth-order valence-corrected chi connectivity index (χ4v) is 7.78. The number of nitrogens with zero attached hydrogens (tertiary/aromatic N) is 2. The summed E-state index contributed by atoms with van der Waals surface area (Å²) in [5, 5.41) is 12.7. The van der Waals surface area contributed by atoms with E-state index in [0.717, 1.165) is 83.4 Å². The standard InChI is InChI=1S/C47H29N3O2/c1-2-10-30(11-3-1)45-48-46(33-20-19-29-18-17-28-9-4-5-12-34(28)39(29)25-33)50-47(49-45)38-14-8-16-41-44(38)37-24-22-32(27-43(37)52-41)31-21-23-36-35-13-6-7-15-40(35)51-42(36)26-31/h1-27,47H,(H,48,49,50). The third kappa shape index (κ3) is 4.56. The molecular weight excluding hydrogens is 639 g/mol. The highest BCUT2D eigenvalue weighted by atomic mass is 16.3. The minimum Gasteiger partial charge on any atom is -0.456 e. The molecule has 3 heterocycles. The molecule has 10 aromatic rings. The molecule has 0 spiro atoms. The molecule has 5 heteroatoms. The maximum absolute atomic E-state index is 6.56. The van der Waals surface area contributed by atoms with Crippen LogP contribution in [0.5, 0.6) is 0 Å². The Morgan fingerprint density at radius 3 is 1.83 bits per heavy atom. The van der Waals surface area contributed by atoms with Crippen LogP contribution in [0.2, 0.25) is 0 Å². The summed E-state index contributed by atoms with van der Waals surface area (Å²) >= 11 is 0. The summed E-state index contributed by atoms with van der Waals surface area (Å²) in [7, 11) is 0. The number of amidine groups is 2. The molecule has 52 heavy (non-hydrogen) atoms. The van der Waals surface area contributed by atoms with E-state index in [4.69, 9.17) is 18.8 Å². The molecule has 8 aromatic carbocycles. The van der Waals surface area contributed by atoms with Crippen LogP contribution in [-0.4, -0.2) is 11.7 Å². The number of benzene rings is 8. The summed E-state index contributed by atoms with van der Waals surface area (Å²) < 4.78 is 12.8. The van der Waals surface area contributed by atoms with Gasteiger partial charge in [-0.25, -0.2) is 9.98 Å². The van der Waals surface area contributed by atoms with Crippen molar-refractivity contribution in [2.24, 2.45) is 9.98 Å². The molecule has 5 nitrogen and oxygen atoms in total. The molecular formula is C47H29N3O2. The summed E-state index contributed by atoms with van der Waals surface area (Å²) in [6.45, 7) is 0. The highest BCUT2D eigenvalue weighted by Crippen LogP contribution is 2.39. The molecule has 244 valence electrons. The Balaban J connectivity index is 1.05. The van der Waals surface area contributed by atoms with Crippen LogP contribution < -0.4 is 5.32 Å². The predicted molar refractivity (Wildman–Crippen MR) is 213 cm³/mol. The quantitative estimate of drug-likeness (QED) is 0.190. The maximum Gasteiger partial charge on any atom is 0.170 e. The fraction of sp³-hybridized carbons (Fsp3) is 0.0213. The van der Waals surface area contributed by atoms with Gasteiger partial charge in [0, 0.05) is 38.2 Å². The highest BCUT2D eigenvalue weighted by molar-refractivity contribution is 6.18. The predicted octanol–water partition coefficient (Wildman–Crippen LogP) is 12.0. The second-order valence-corrected chi connectivity index (χ2v) is 13.4. The largest absolute Gasteiger partial charge is 0.456 e. The Hall–Kier alpha value is -6.98. The van der Waals surface area contributed by atoms with Crippen LogP contribution in [0.3, 0.4) is 0 Å². The Kier molecular flexibility index (Phi) is 6.25. The first-order valence-electron chi connectivity index (χ1n) is 17.5. The Bertz CT molecular complexity index is 3110. The lowest BCUT2D eigenvalue weighted by Crippen LogP contribution is -2.36. The van der Waals surface area contributed by atoms with Gasteiger partial charge in [-0.3, -0.25) is 0 Å². The molecule has 1 N–H and O–H groups in total. The van der Waals surface area contributed by atoms with Crippen LogP contribution in [0.15, 0.2) is 183 Å². The maximum atomic E-state index is 6.56. The van der Waals surface area contributed by atoms with Gasteiger partial charge in [0.15, 0.2) is 6.17 Å². The first kappa shape index (κ1) is 28.8. The summed E-state index contributed by atoms with van der Waals surface area (Å²) in [5.41, 5.74) is 8.52. The van der Waals surface area contributed by atoms with E-state index >= 15 is 0 Å². The van der Waals surface area contributed by atoms with Crippen LogP contribution in [0.25, 0.3) is 76.5 Å². The Labute approximate surface area is 298 Å². The van der Waals surface area contributed by atoms with Gasteiger partial charge < -0.3 is 14.2 Å². The molecule has 1 aliphatic heterocycles. The molecule has 0 bridgehead atoms. The van der Waals surface area contributed by atoms with Gasteiger partial charge in [-0.05, 0) is 75.1 Å². The monoisotopic (exact) mass is 667 g/mol. The minimum absolute atomic E-state index is 0.491. The number of nitrogens with one attached hydrogen (secondary N) is 1. The lowest BCUT2D eigenvalue weighted by Gasteiger charge is -2.23. The smallest absolute Gasteiger partial charge is 0.170 e. The van der Waals surface area contributed by atoms with Crippen LogP contribution in [-0.2, 0) is 0 Å². The van der Waals surface area contributed by atoms with Crippen LogP contribution in [0.4, 0.5) is 0 Å². The molecule has 1 unspecified atom stereocenters. The van der Waals surface area contributed by atoms with Gasteiger partial charge in [0.05, 0.1) is 0 Å². The zero-order chi connectivity index (χ0) is 34.2. The van der Waals surface area contributed by atoms with Crippen LogP contribution in [0.1, 0.15) is 22.9 Å². The number of hydrogen-bond donors (Lipinski definition) is 1. The van der Waals surface area contributed by atoms with Crippen LogP contribution >= 0.6 is 0 Å². The molecule has 0 saturated heterocycles. The van der Waals surface area contributed by atoms with Gasteiger partial charge in [0.25, 0.3) is 0 Å². The first-order chi connectivity index (χ1) is 25.7. The third-order valence-electron chi connectivity index (χ3n) is 10.3. The second kappa shape index (κ2) is 11.3. The van der Waals surface area contributed by atoms with E-state index in [1.165, 1.54) is 21.5 Å². The molecule has 0 amide bonds. The lowest BCUT2D eigenvalue weighted by molar-refractivity contribution is 0.667. The summed E-state index contributed by atoms with van der Waals surface area (Å²) in [4.78, 5) is 10.5. The molecule has 0 aliphatic carbocycles. The normalized spacial score (nSPS) is 14.7. The second-order valence-electron chi connectivity index (χ2n) is 13.4. The van der Waals surface area contributed by atoms with E-state index in [1.807, 2.05) is 48.5 Å². The number of para-hydroxylation sites is 1. The van der Waals surface area contributed by atoms with Crippen molar-refractivity contribution < 1.29 is 8.83 Å². The van der Waals surface area contributed by atoms with Crippen molar-refractivity contribution >= 4 is 77.1 Å². The lowest BCUT2D eigenvalue weighted by atomic mass is 9.99. The van der Waals surface area contributed by atoms with Gasteiger partial charge >= 0.3 is 0 Å². The molecule has 1 atom stereocenters. The number of aliphatic imine (C=N–C) groups is 2. The average molecular weight is 668 g/mol. The zero-order valence-electron chi connectivity index (χ0n) is 27.9. The fourth-order valence-electron chi connectivity index (χ4n) is 7.78. The minimum atomic E-state index is -0.491. The SMILES string of the molecule is c1ccc(C2=NC(c3cccc4oc5cc(-c6ccc7c(c6)oc6ccccc67)ccc5c34)N=C(c3ccc4ccc5ccccc5c4c3)N2)cc1. The molecule has 11 rings (SSSR count). The average Bonchev–Trinajstić information content (AvgIpc) is 3.78. The van der Waals surface area contributed by atoms with Crippen molar-refractivity contribution in [3.05, 3.63) is 180 Å². The van der Waals surface area contributed by atoms with Crippen molar-refractivity contribution in [3.63, 3.8) is 0 Å². The first-order valence-corrected chi connectivity index (χ1v) is 17.5. The summed E-state index contributed by atoms with van der Waals surface area (Å²) in [6.07, 6.45) is -0.491. The molecule has 0 saturated carbocycles. The van der Waals surface area contributed by atoms with Crippen molar-refractivity contribution in [2.45, 2.75) is 6.17 Å². The Morgan fingerprint density at radius 2 is 0.981 bits per heavy atom. The number of rotatable bonds is 4. The van der Waals surface area contributed by atoms with Crippen molar-refractivity contribution in [3.8, 4) is 11.1 Å². The van der Waals surface area contributed by atoms with Gasteiger partial charge in [0.2, 0.25) is 0 Å². The molecule has 1 aliphatic rings. The highest BCUT2D eigenvalue weighted by Gasteiger charge is 2.24. The number of furan rings is 2. The molecule has 0 radical (unpaired) electrons. The third-order valence-corrected chi connectivity index (χ3v) is 10.3. The van der Waals surface area contributed by atoms with Gasteiger partial charge in [-0.1, -0.05) is 121 Å². The van der Waals surface area contributed by atoms with Gasteiger partial charge in [-0.2, -0.15) is 0 Å². The van der Waals surface area contributed by atoms with Gasteiger partial charge in [0.1, 0.15) is 34.0 Å². The van der Waals surface area contributed by atoms with Crippen molar-refractivity contribution in [1.29, 1.82) is 0 Å². The van der Waals surface area contributed by atoms with Crippen molar-refractivity contribution in [1.82, 2.24) is 5.32 Å². The number of fused-ring (bicyclic) bond motifs is 9. The van der Waals surface area contributed by atoms with Crippen molar-refractivity contribution in [2.75, 3.05) is 0 Å². The molecule has 2 aromatic heterocycles. The van der Waals surface area contributed by atoms with E-state index in [2.05, 4.69) is 121 Å². The van der Waals surface area contributed by atoms with Crippen LogP contribution in [0, 0.1) is 0 Å². The summed E-state index contributed by atoms with van der Waals surface area (Å²) in [5.74, 6) is 1.56. The van der Waals surface area contributed by atoms with Gasteiger partial charge in [-0.15, -0.1) is 0 Å². The number of hydrogen-bond acceptors (Lipinski definition) is 5. The van der Waals surface area contributed by atoms with E-state index < -0.39 is 6.17 Å².